The van der Waals surface area contributed by atoms with Gasteiger partial charge in [-0.3, -0.25) is 14.5 Å². The van der Waals surface area contributed by atoms with E-state index in [1.807, 2.05) is 4.90 Å². The van der Waals surface area contributed by atoms with Gasteiger partial charge in [0, 0.05) is 11.5 Å². The van der Waals surface area contributed by atoms with Crippen LogP contribution in [0.25, 0.3) is 0 Å². The number of carbonyl (C=O) groups excluding carboxylic acids is 2. The molecule has 1 amide bonds. The number of hydrogen-bond acceptors (Lipinski definition) is 4. The molecule has 2 rings (SSSR count). The molecule has 0 bridgehead atoms. The van der Waals surface area contributed by atoms with Crippen molar-refractivity contribution in [3.8, 4) is 5.75 Å². The number of rotatable bonds is 5. The first-order chi connectivity index (χ1) is 10.7. The second-order valence-electron chi connectivity index (χ2n) is 5.46. The topological polar surface area (TPSA) is 72.6 Å². The summed E-state index contributed by atoms with van der Waals surface area (Å²) in [6.45, 7) is 1.26. The molecule has 1 aromatic carbocycles. The number of benzene rings is 1. The smallest absolute Gasteiger partial charge is 0.406 e. The molecule has 1 heterocycles. The summed E-state index contributed by atoms with van der Waals surface area (Å²) in [4.78, 5) is 25.1. The Kier molecular flexibility index (Phi) is 5.25. The Balaban J connectivity index is 1.99. The van der Waals surface area contributed by atoms with Crippen LogP contribution in [-0.2, 0) is 4.79 Å². The molecule has 1 aromatic rings. The number of nitrogens with zero attached hydrogens (tertiary/aromatic N) is 1. The Morgan fingerprint density at radius 2 is 1.91 bits per heavy atom. The van der Waals surface area contributed by atoms with Crippen molar-refractivity contribution in [3.63, 3.8) is 0 Å². The first kappa shape index (κ1) is 17.3. The summed E-state index contributed by atoms with van der Waals surface area (Å²) >= 11 is 0. The van der Waals surface area contributed by atoms with E-state index < -0.39 is 18.0 Å². The third-order valence-corrected chi connectivity index (χ3v) is 3.69. The lowest BCUT2D eigenvalue weighted by molar-refractivity contribution is -0.274. The van der Waals surface area contributed by atoms with Crippen LogP contribution in [0.5, 0.6) is 5.75 Å². The highest BCUT2D eigenvalue weighted by atomic mass is 19.4. The van der Waals surface area contributed by atoms with Gasteiger partial charge in [-0.1, -0.05) is 12.1 Å². The quantitative estimate of drug-likeness (QED) is 0.838. The molecule has 0 atom stereocenters. The highest BCUT2D eigenvalue weighted by molar-refractivity contribution is 5.98. The molecule has 126 valence electrons. The van der Waals surface area contributed by atoms with Gasteiger partial charge in [0.25, 0.3) is 0 Å². The zero-order valence-electron chi connectivity index (χ0n) is 12.3. The minimum atomic E-state index is -4.79. The molecule has 0 spiro atoms. The highest BCUT2D eigenvalue weighted by Crippen LogP contribution is 2.26. The third-order valence-electron chi connectivity index (χ3n) is 3.69. The van der Waals surface area contributed by atoms with Crippen LogP contribution < -0.4 is 10.5 Å². The molecular weight excluding hydrogens is 313 g/mol. The summed E-state index contributed by atoms with van der Waals surface area (Å²) in [5, 5.41) is 0. The van der Waals surface area contributed by atoms with Gasteiger partial charge in [-0.15, -0.1) is 13.2 Å². The zero-order valence-corrected chi connectivity index (χ0v) is 12.3. The predicted octanol–water partition coefficient (Wildman–Crippen LogP) is 1.97. The Labute approximate surface area is 131 Å². The SMILES string of the molecule is NC(=O)CN1CCC(C(=O)c2cccc(OC(F)(F)F)c2)CC1. The molecule has 1 saturated heterocycles. The normalized spacial score (nSPS) is 17.0. The molecule has 0 saturated carbocycles. The van der Waals surface area contributed by atoms with Gasteiger partial charge < -0.3 is 10.5 Å². The molecule has 0 unspecified atom stereocenters. The number of amides is 1. The number of ether oxygens (including phenoxy) is 1. The average molecular weight is 330 g/mol. The number of likely N-dealkylation sites (tertiary alicyclic amines) is 1. The van der Waals surface area contributed by atoms with Crippen molar-refractivity contribution in [2.24, 2.45) is 11.7 Å². The number of hydrogen-bond donors (Lipinski definition) is 1. The minimum absolute atomic E-state index is 0.149. The van der Waals surface area contributed by atoms with Gasteiger partial charge in [-0.2, -0.15) is 0 Å². The maximum atomic E-state index is 12.4. The number of alkyl halides is 3. The third kappa shape index (κ3) is 5.24. The maximum Gasteiger partial charge on any atom is 0.573 e. The molecule has 0 aliphatic carbocycles. The van der Waals surface area contributed by atoms with Crippen molar-refractivity contribution in [1.82, 2.24) is 4.90 Å². The Morgan fingerprint density at radius 1 is 1.26 bits per heavy atom. The van der Waals surface area contributed by atoms with Crippen LogP contribution in [-0.4, -0.2) is 42.6 Å². The standard InChI is InChI=1S/C15H17F3N2O3/c16-15(17,18)23-12-3-1-2-11(8-12)14(22)10-4-6-20(7-5-10)9-13(19)21/h1-3,8,10H,4-7,9H2,(H2,19,21). The van der Waals surface area contributed by atoms with Gasteiger partial charge in [-0.25, -0.2) is 0 Å². The first-order valence-corrected chi connectivity index (χ1v) is 7.15. The van der Waals surface area contributed by atoms with Gasteiger partial charge in [0.15, 0.2) is 5.78 Å². The molecule has 8 heteroatoms. The lowest BCUT2D eigenvalue weighted by Crippen LogP contribution is -2.41. The molecule has 2 N–H and O–H groups in total. The van der Waals surface area contributed by atoms with Crippen LogP contribution in [0.4, 0.5) is 13.2 Å². The summed E-state index contributed by atoms with van der Waals surface area (Å²) in [6, 6.07) is 5.09. The Morgan fingerprint density at radius 3 is 2.48 bits per heavy atom. The van der Waals surface area contributed by atoms with Crippen LogP contribution >= 0.6 is 0 Å². The fourth-order valence-corrected chi connectivity index (χ4v) is 2.66. The molecule has 0 aromatic heterocycles. The number of ketones is 1. The minimum Gasteiger partial charge on any atom is -0.406 e. The number of piperidine rings is 1. The molecule has 5 nitrogen and oxygen atoms in total. The van der Waals surface area contributed by atoms with E-state index in [1.165, 1.54) is 12.1 Å². The molecule has 0 radical (unpaired) electrons. The molecule has 23 heavy (non-hydrogen) atoms. The number of primary amides is 1. The van der Waals surface area contributed by atoms with Gasteiger partial charge in [-0.05, 0) is 38.1 Å². The molecule has 1 aliphatic heterocycles. The number of halogens is 3. The lowest BCUT2D eigenvalue weighted by atomic mass is 9.89. The van der Waals surface area contributed by atoms with E-state index in [9.17, 15) is 22.8 Å². The maximum absolute atomic E-state index is 12.4. The van der Waals surface area contributed by atoms with E-state index in [4.69, 9.17) is 5.73 Å². The molecular formula is C15H17F3N2O3. The van der Waals surface area contributed by atoms with E-state index in [2.05, 4.69) is 4.74 Å². The van der Waals surface area contributed by atoms with Crippen molar-refractivity contribution in [2.45, 2.75) is 19.2 Å². The van der Waals surface area contributed by atoms with Crippen molar-refractivity contribution in [3.05, 3.63) is 29.8 Å². The largest absolute Gasteiger partial charge is 0.573 e. The van der Waals surface area contributed by atoms with Crippen LogP contribution in [0.15, 0.2) is 24.3 Å². The van der Waals surface area contributed by atoms with E-state index >= 15 is 0 Å². The van der Waals surface area contributed by atoms with Gasteiger partial charge in [0.1, 0.15) is 5.75 Å². The number of Topliss-reactive ketones (excluding diaryl/α,β-unsaturated/α-hetero) is 1. The van der Waals surface area contributed by atoms with Gasteiger partial charge >= 0.3 is 6.36 Å². The summed E-state index contributed by atoms with van der Waals surface area (Å²) in [6.07, 6.45) is -3.71. The van der Waals surface area contributed by atoms with Crippen LogP contribution in [0.3, 0.4) is 0 Å². The van der Waals surface area contributed by atoms with Crippen LogP contribution in [0.1, 0.15) is 23.2 Å². The van der Waals surface area contributed by atoms with E-state index in [1.54, 1.807) is 0 Å². The fraction of sp³-hybridized carbons (Fsp3) is 0.467. The summed E-state index contributed by atoms with van der Waals surface area (Å²) in [5.74, 6) is -1.32. The zero-order chi connectivity index (χ0) is 17.0. The monoisotopic (exact) mass is 330 g/mol. The van der Waals surface area contributed by atoms with E-state index in [0.717, 1.165) is 12.1 Å². The summed E-state index contributed by atoms with van der Waals surface area (Å²) in [5.41, 5.74) is 5.32. The average Bonchev–Trinajstić information content (AvgIpc) is 2.45. The van der Waals surface area contributed by atoms with Crippen molar-refractivity contribution in [2.75, 3.05) is 19.6 Å². The second-order valence-corrected chi connectivity index (χ2v) is 5.46. The first-order valence-electron chi connectivity index (χ1n) is 7.15. The molecule has 1 aliphatic rings. The van der Waals surface area contributed by atoms with Crippen LogP contribution in [0, 0.1) is 5.92 Å². The predicted molar refractivity (Wildman–Crippen MR) is 75.8 cm³/mol. The Hall–Kier alpha value is -2.09. The van der Waals surface area contributed by atoms with Gasteiger partial charge in [0.05, 0.1) is 6.54 Å². The molecule has 1 fully saturated rings. The van der Waals surface area contributed by atoms with Crippen molar-refractivity contribution >= 4 is 11.7 Å². The summed E-state index contributed by atoms with van der Waals surface area (Å²) in [7, 11) is 0. The highest BCUT2D eigenvalue weighted by Gasteiger charge is 2.32. The van der Waals surface area contributed by atoms with Crippen molar-refractivity contribution in [1.29, 1.82) is 0 Å². The van der Waals surface area contributed by atoms with Gasteiger partial charge in [0.2, 0.25) is 5.91 Å². The Bertz CT molecular complexity index is 582. The van der Waals surface area contributed by atoms with Crippen LogP contribution in [0.2, 0.25) is 0 Å². The summed E-state index contributed by atoms with van der Waals surface area (Å²) < 4.78 is 40.5. The lowest BCUT2D eigenvalue weighted by Gasteiger charge is -2.30. The second kappa shape index (κ2) is 6.99. The van der Waals surface area contributed by atoms with Crippen molar-refractivity contribution < 1.29 is 27.5 Å². The number of carbonyl (C=O) groups is 2. The van der Waals surface area contributed by atoms with E-state index in [-0.39, 0.29) is 23.8 Å². The number of nitrogens with two attached hydrogens (primary N) is 1. The fourth-order valence-electron chi connectivity index (χ4n) is 2.66. The van der Waals surface area contributed by atoms with E-state index in [0.29, 0.717) is 25.9 Å².